The van der Waals surface area contributed by atoms with Crippen LogP contribution in [-0.2, 0) is 6.42 Å². The molecule has 1 heterocycles. The molecule has 1 atom stereocenters. The first-order valence-corrected chi connectivity index (χ1v) is 7.39. The molecule has 1 N–H and O–H groups in total. The molecule has 0 spiro atoms. The third kappa shape index (κ3) is 4.22. The van der Waals surface area contributed by atoms with Gasteiger partial charge >= 0.3 is 0 Å². The summed E-state index contributed by atoms with van der Waals surface area (Å²) < 4.78 is 13.1. The zero-order valence-electron chi connectivity index (χ0n) is 12.4. The first-order valence-electron chi connectivity index (χ1n) is 7.39. The maximum Gasteiger partial charge on any atom is 0.193 e. The fraction of sp³-hybridized carbons (Fsp3) is 0.562. The highest BCUT2D eigenvalue weighted by Gasteiger charge is 2.18. The lowest BCUT2D eigenvalue weighted by Crippen LogP contribution is -2.46. The number of piperidine rings is 1. The van der Waals surface area contributed by atoms with E-state index >= 15 is 0 Å². The van der Waals surface area contributed by atoms with E-state index in [1.54, 1.807) is 12.1 Å². The average molecular weight is 277 g/mol. The van der Waals surface area contributed by atoms with Crippen LogP contribution in [0.2, 0.25) is 0 Å². The van der Waals surface area contributed by atoms with Crippen molar-refractivity contribution in [1.29, 1.82) is 0 Å². The van der Waals surface area contributed by atoms with Crippen molar-refractivity contribution in [3.05, 3.63) is 35.6 Å². The average Bonchev–Trinajstić information content (AvgIpc) is 2.44. The summed E-state index contributed by atoms with van der Waals surface area (Å²) >= 11 is 0. The van der Waals surface area contributed by atoms with E-state index in [9.17, 15) is 4.39 Å². The molecule has 1 aromatic rings. The summed E-state index contributed by atoms with van der Waals surface area (Å²) in [6, 6.07) is 6.78. The molecular formula is C16H24FN3. The van der Waals surface area contributed by atoms with Crippen LogP contribution in [0.15, 0.2) is 29.3 Å². The highest BCUT2D eigenvalue weighted by molar-refractivity contribution is 5.79. The molecule has 0 bridgehead atoms. The Bertz CT molecular complexity index is 459. The number of likely N-dealkylation sites (tertiary alicyclic amines) is 1. The van der Waals surface area contributed by atoms with E-state index in [0.717, 1.165) is 43.5 Å². The van der Waals surface area contributed by atoms with Crippen LogP contribution in [-0.4, -0.2) is 37.5 Å². The summed E-state index contributed by atoms with van der Waals surface area (Å²) in [6.07, 6.45) is 3.34. The fourth-order valence-corrected chi connectivity index (χ4v) is 2.73. The smallest absolute Gasteiger partial charge is 0.193 e. The van der Waals surface area contributed by atoms with E-state index in [1.165, 1.54) is 18.9 Å². The Morgan fingerprint density at radius 2 is 2.35 bits per heavy atom. The number of benzene rings is 1. The van der Waals surface area contributed by atoms with Crippen LogP contribution < -0.4 is 5.32 Å². The van der Waals surface area contributed by atoms with Gasteiger partial charge in [0.1, 0.15) is 5.82 Å². The minimum atomic E-state index is -0.170. The highest BCUT2D eigenvalue weighted by atomic mass is 19.1. The van der Waals surface area contributed by atoms with Crippen LogP contribution >= 0.6 is 0 Å². The fourth-order valence-electron chi connectivity index (χ4n) is 2.73. The second kappa shape index (κ2) is 7.27. The van der Waals surface area contributed by atoms with Crippen LogP contribution in [0, 0.1) is 11.7 Å². The monoisotopic (exact) mass is 277 g/mol. The van der Waals surface area contributed by atoms with Crippen LogP contribution in [0.25, 0.3) is 0 Å². The van der Waals surface area contributed by atoms with E-state index in [0.29, 0.717) is 0 Å². The molecule has 2 rings (SSSR count). The Morgan fingerprint density at radius 3 is 3.05 bits per heavy atom. The molecule has 0 radical (unpaired) electrons. The summed E-state index contributed by atoms with van der Waals surface area (Å²) in [5.41, 5.74) is 1.01. The quantitative estimate of drug-likeness (QED) is 0.679. The minimum Gasteiger partial charge on any atom is -0.356 e. The zero-order valence-corrected chi connectivity index (χ0v) is 12.4. The summed E-state index contributed by atoms with van der Waals surface area (Å²) in [6.45, 7) is 5.21. The number of halogens is 1. The molecular weight excluding hydrogens is 253 g/mol. The van der Waals surface area contributed by atoms with Gasteiger partial charge in [0.15, 0.2) is 5.96 Å². The largest absolute Gasteiger partial charge is 0.356 e. The Labute approximate surface area is 120 Å². The molecule has 1 aromatic carbocycles. The van der Waals surface area contributed by atoms with Crippen molar-refractivity contribution in [3.8, 4) is 0 Å². The van der Waals surface area contributed by atoms with Crippen molar-refractivity contribution in [1.82, 2.24) is 10.2 Å². The maximum atomic E-state index is 13.1. The van der Waals surface area contributed by atoms with E-state index in [1.807, 2.05) is 13.1 Å². The van der Waals surface area contributed by atoms with Crippen molar-refractivity contribution >= 4 is 5.96 Å². The van der Waals surface area contributed by atoms with Gasteiger partial charge in [0.25, 0.3) is 0 Å². The van der Waals surface area contributed by atoms with Gasteiger partial charge in [-0.15, -0.1) is 0 Å². The number of nitrogens with zero attached hydrogens (tertiary/aromatic N) is 2. The summed E-state index contributed by atoms with van der Waals surface area (Å²) in [4.78, 5) is 6.67. The number of hydrogen-bond acceptors (Lipinski definition) is 1. The van der Waals surface area contributed by atoms with E-state index in [2.05, 4.69) is 22.1 Å². The first-order chi connectivity index (χ1) is 9.69. The molecule has 1 fully saturated rings. The van der Waals surface area contributed by atoms with Crippen LogP contribution in [0.4, 0.5) is 4.39 Å². The number of aliphatic imine (C=N–C) groups is 1. The van der Waals surface area contributed by atoms with Gasteiger partial charge in [-0.2, -0.15) is 0 Å². The number of nitrogens with one attached hydrogen (secondary N) is 1. The Morgan fingerprint density at radius 1 is 1.50 bits per heavy atom. The number of hydrogen-bond donors (Lipinski definition) is 1. The lowest BCUT2D eigenvalue weighted by Gasteiger charge is -2.33. The van der Waals surface area contributed by atoms with Crippen LogP contribution in [0.3, 0.4) is 0 Å². The van der Waals surface area contributed by atoms with E-state index in [-0.39, 0.29) is 5.82 Å². The molecule has 3 nitrogen and oxygen atoms in total. The van der Waals surface area contributed by atoms with Crippen molar-refractivity contribution in [2.75, 3.05) is 26.7 Å². The molecule has 110 valence electrons. The Kier molecular flexibility index (Phi) is 5.39. The predicted molar refractivity (Wildman–Crippen MR) is 81.4 cm³/mol. The minimum absolute atomic E-state index is 0.170. The molecule has 1 aliphatic rings. The second-order valence-corrected chi connectivity index (χ2v) is 5.55. The first kappa shape index (κ1) is 14.8. The molecule has 0 aliphatic carbocycles. The molecule has 1 saturated heterocycles. The van der Waals surface area contributed by atoms with Gasteiger partial charge in [-0.05, 0) is 42.9 Å². The Balaban J connectivity index is 1.82. The third-order valence-corrected chi connectivity index (χ3v) is 3.75. The highest BCUT2D eigenvalue weighted by Crippen LogP contribution is 2.15. The van der Waals surface area contributed by atoms with Crippen LogP contribution in [0.5, 0.6) is 0 Å². The molecule has 0 saturated carbocycles. The van der Waals surface area contributed by atoms with Gasteiger partial charge in [-0.25, -0.2) is 4.39 Å². The third-order valence-electron chi connectivity index (χ3n) is 3.75. The van der Waals surface area contributed by atoms with E-state index < -0.39 is 0 Å². The van der Waals surface area contributed by atoms with Gasteiger partial charge < -0.3 is 10.2 Å². The van der Waals surface area contributed by atoms with Crippen molar-refractivity contribution in [2.24, 2.45) is 10.9 Å². The molecule has 1 unspecified atom stereocenters. The second-order valence-electron chi connectivity index (χ2n) is 5.55. The van der Waals surface area contributed by atoms with Gasteiger partial charge in [0.05, 0.1) is 0 Å². The molecule has 0 amide bonds. The molecule has 1 aliphatic heterocycles. The predicted octanol–water partition coefficient (Wildman–Crippen LogP) is 2.68. The lowest BCUT2D eigenvalue weighted by atomic mass is 10.0. The zero-order chi connectivity index (χ0) is 14.4. The molecule has 0 aromatic heterocycles. The molecule has 20 heavy (non-hydrogen) atoms. The topological polar surface area (TPSA) is 27.6 Å². The summed E-state index contributed by atoms with van der Waals surface area (Å²) in [5, 5.41) is 3.38. The van der Waals surface area contributed by atoms with Crippen LogP contribution in [0.1, 0.15) is 25.3 Å². The summed E-state index contributed by atoms with van der Waals surface area (Å²) in [5.74, 6) is 1.52. The maximum absolute atomic E-state index is 13.1. The van der Waals surface area contributed by atoms with Gasteiger partial charge in [-0.3, -0.25) is 4.99 Å². The van der Waals surface area contributed by atoms with Gasteiger partial charge in [0.2, 0.25) is 0 Å². The lowest BCUT2D eigenvalue weighted by molar-refractivity contribution is 0.266. The van der Waals surface area contributed by atoms with Crippen molar-refractivity contribution in [2.45, 2.75) is 26.2 Å². The van der Waals surface area contributed by atoms with Gasteiger partial charge in [0, 0.05) is 26.7 Å². The Hall–Kier alpha value is -1.58. The van der Waals surface area contributed by atoms with Crippen molar-refractivity contribution < 1.29 is 4.39 Å². The summed E-state index contributed by atoms with van der Waals surface area (Å²) in [7, 11) is 1.82. The standard InChI is InChI=1S/C16H24FN3/c1-13-5-4-10-20(12-13)16(18-2)19-9-8-14-6-3-7-15(17)11-14/h3,6-7,11,13H,4-5,8-10,12H2,1-2H3,(H,18,19). The number of guanidine groups is 1. The number of rotatable bonds is 3. The van der Waals surface area contributed by atoms with Gasteiger partial charge in [-0.1, -0.05) is 19.1 Å². The normalized spacial score (nSPS) is 20.1. The van der Waals surface area contributed by atoms with Crippen molar-refractivity contribution in [3.63, 3.8) is 0 Å². The van der Waals surface area contributed by atoms with E-state index in [4.69, 9.17) is 0 Å². The molecule has 4 heteroatoms. The SMILES string of the molecule is CN=C(NCCc1cccc(F)c1)N1CCCC(C)C1.